The summed E-state index contributed by atoms with van der Waals surface area (Å²) in [6.07, 6.45) is 0. The third-order valence-electron chi connectivity index (χ3n) is 2.52. The molecule has 0 N–H and O–H groups in total. The number of aryl methyl sites for hydroxylation is 1. The fourth-order valence-electron chi connectivity index (χ4n) is 1.74. The lowest BCUT2D eigenvalue weighted by molar-refractivity contribution is 1.17. The van der Waals surface area contributed by atoms with Crippen molar-refractivity contribution in [3.05, 3.63) is 68.7 Å². The van der Waals surface area contributed by atoms with Gasteiger partial charge in [-0.15, -0.1) is 0 Å². The van der Waals surface area contributed by atoms with Gasteiger partial charge in [0.25, 0.3) is 0 Å². The summed E-state index contributed by atoms with van der Waals surface area (Å²) in [5.41, 5.74) is 3.57. The summed E-state index contributed by atoms with van der Waals surface area (Å²) in [5.74, 6) is 0. The Morgan fingerprint density at radius 1 is 1.00 bits per heavy atom. The largest absolute Gasteiger partial charge is 0.0843 e. The van der Waals surface area contributed by atoms with Gasteiger partial charge in [-0.05, 0) is 47.9 Å². The van der Waals surface area contributed by atoms with Crippen LogP contribution in [0.4, 0.5) is 0 Å². The minimum Gasteiger partial charge on any atom is -0.0843 e. The molecule has 0 aliphatic rings. The van der Waals surface area contributed by atoms with E-state index in [-0.39, 0.29) is 4.83 Å². The van der Waals surface area contributed by atoms with Gasteiger partial charge in [-0.25, -0.2) is 0 Å². The third-order valence-corrected chi connectivity index (χ3v) is 4.32. The zero-order valence-corrected chi connectivity index (χ0v) is 13.2. The first-order chi connectivity index (χ1) is 8.06. The molecule has 0 aliphatic carbocycles. The molecule has 0 amide bonds. The molecule has 0 saturated carbocycles. The first-order valence-electron chi connectivity index (χ1n) is 5.23. The van der Waals surface area contributed by atoms with Crippen molar-refractivity contribution < 1.29 is 0 Å². The number of alkyl halides is 1. The molecular weight excluding hydrogens is 363 g/mol. The molecule has 0 bridgehead atoms. The van der Waals surface area contributed by atoms with E-state index in [0.717, 1.165) is 9.50 Å². The van der Waals surface area contributed by atoms with Crippen LogP contribution in [0.3, 0.4) is 0 Å². The topological polar surface area (TPSA) is 0 Å². The molecule has 0 radical (unpaired) electrons. The van der Waals surface area contributed by atoms with Crippen LogP contribution in [-0.4, -0.2) is 0 Å². The number of benzene rings is 2. The highest BCUT2D eigenvalue weighted by atomic mass is 79.9. The highest BCUT2D eigenvalue weighted by Gasteiger charge is 2.11. The van der Waals surface area contributed by atoms with Gasteiger partial charge >= 0.3 is 0 Å². The van der Waals surface area contributed by atoms with Gasteiger partial charge in [0.15, 0.2) is 0 Å². The molecule has 0 nitrogen and oxygen atoms in total. The molecular formula is C14H11Br2Cl. The van der Waals surface area contributed by atoms with E-state index in [1.807, 2.05) is 24.3 Å². The van der Waals surface area contributed by atoms with Gasteiger partial charge in [0.05, 0.1) is 4.83 Å². The first-order valence-corrected chi connectivity index (χ1v) is 7.31. The average molecular weight is 375 g/mol. The molecule has 0 spiro atoms. The maximum Gasteiger partial charge on any atom is 0.0645 e. The smallest absolute Gasteiger partial charge is 0.0645 e. The standard InChI is InChI=1S/C14H11Br2Cl/c1-9-6-11(8-13(17)7-9)14(16)10-2-4-12(15)5-3-10/h2-8,14H,1H3. The van der Waals surface area contributed by atoms with E-state index in [1.54, 1.807) is 0 Å². The lowest BCUT2D eigenvalue weighted by Crippen LogP contribution is -1.93. The van der Waals surface area contributed by atoms with Crippen molar-refractivity contribution >= 4 is 43.5 Å². The Morgan fingerprint density at radius 3 is 2.24 bits per heavy atom. The van der Waals surface area contributed by atoms with E-state index in [1.165, 1.54) is 16.7 Å². The summed E-state index contributed by atoms with van der Waals surface area (Å²) in [4.78, 5) is 0.174. The van der Waals surface area contributed by atoms with Crippen LogP contribution >= 0.6 is 43.5 Å². The van der Waals surface area contributed by atoms with E-state index in [0.29, 0.717) is 0 Å². The summed E-state index contributed by atoms with van der Waals surface area (Å²) in [6, 6.07) is 14.4. The second kappa shape index (κ2) is 5.55. The zero-order valence-electron chi connectivity index (χ0n) is 9.25. The van der Waals surface area contributed by atoms with Gasteiger partial charge in [-0.1, -0.05) is 61.7 Å². The second-order valence-corrected chi connectivity index (χ2v) is 6.24. The Balaban J connectivity index is 2.36. The maximum absolute atomic E-state index is 6.08. The predicted molar refractivity (Wildman–Crippen MR) is 81.1 cm³/mol. The maximum atomic E-state index is 6.08. The number of halogens is 3. The summed E-state index contributed by atoms with van der Waals surface area (Å²) in [5, 5.41) is 0.779. The van der Waals surface area contributed by atoms with Gasteiger partial charge in [-0.3, -0.25) is 0 Å². The molecule has 0 saturated heterocycles. The molecule has 88 valence electrons. The molecule has 2 aromatic carbocycles. The molecule has 1 unspecified atom stereocenters. The van der Waals surface area contributed by atoms with Crippen molar-refractivity contribution in [3.8, 4) is 0 Å². The monoisotopic (exact) mass is 372 g/mol. The van der Waals surface area contributed by atoms with Gasteiger partial charge in [0.2, 0.25) is 0 Å². The Morgan fingerprint density at radius 2 is 1.65 bits per heavy atom. The molecule has 2 aromatic rings. The van der Waals surface area contributed by atoms with Gasteiger partial charge in [0, 0.05) is 9.50 Å². The lowest BCUT2D eigenvalue weighted by atomic mass is 10.0. The van der Waals surface area contributed by atoms with E-state index < -0.39 is 0 Å². The summed E-state index contributed by atoms with van der Waals surface area (Å²) >= 11 is 13.2. The zero-order chi connectivity index (χ0) is 12.4. The summed E-state index contributed by atoms with van der Waals surface area (Å²) in [7, 11) is 0. The summed E-state index contributed by atoms with van der Waals surface area (Å²) in [6.45, 7) is 2.05. The molecule has 1 atom stereocenters. The third kappa shape index (κ3) is 3.34. The first kappa shape index (κ1) is 13.1. The number of rotatable bonds is 2. The van der Waals surface area contributed by atoms with Gasteiger partial charge < -0.3 is 0 Å². The van der Waals surface area contributed by atoms with Crippen LogP contribution in [0.2, 0.25) is 5.02 Å². The number of hydrogen-bond acceptors (Lipinski definition) is 0. The van der Waals surface area contributed by atoms with Crippen LogP contribution in [0.1, 0.15) is 21.5 Å². The fourth-order valence-corrected chi connectivity index (χ4v) is 2.87. The van der Waals surface area contributed by atoms with Crippen LogP contribution in [-0.2, 0) is 0 Å². The van der Waals surface area contributed by atoms with E-state index in [2.05, 4.69) is 57.0 Å². The highest BCUT2D eigenvalue weighted by molar-refractivity contribution is 9.10. The highest BCUT2D eigenvalue weighted by Crippen LogP contribution is 2.33. The number of hydrogen-bond donors (Lipinski definition) is 0. The SMILES string of the molecule is Cc1cc(Cl)cc(C(Br)c2ccc(Br)cc2)c1. The van der Waals surface area contributed by atoms with E-state index >= 15 is 0 Å². The molecule has 0 fully saturated rings. The van der Waals surface area contributed by atoms with Gasteiger partial charge in [-0.2, -0.15) is 0 Å². The molecule has 0 heterocycles. The minimum atomic E-state index is 0.174. The quantitative estimate of drug-likeness (QED) is 0.575. The van der Waals surface area contributed by atoms with E-state index in [4.69, 9.17) is 11.6 Å². The molecule has 17 heavy (non-hydrogen) atoms. The summed E-state index contributed by atoms with van der Waals surface area (Å²) < 4.78 is 1.09. The average Bonchev–Trinajstić information content (AvgIpc) is 2.28. The van der Waals surface area contributed by atoms with Crippen molar-refractivity contribution in [1.82, 2.24) is 0 Å². The van der Waals surface area contributed by atoms with Crippen LogP contribution in [0, 0.1) is 6.92 Å². The molecule has 0 aromatic heterocycles. The predicted octanol–water partition coefficient (Wildman–Crippen LogP) is 5.90. The minimum absolute atomic E-state index is 0.174. The van der Waals surface area contributed by atoms with Crippen molar-refractivity contribution in [2.75, 3.05) is 0 Å². The van der Waals surface area contributed by atoms with Crippen molar-refractivity contribution in [1.29, 1.82) is 0 Å². The van der Waals surface area contributed by atoms with Crippen molar-refractivity contribution in [2.45, 2.75) is 11.8 Å². The van der Waals surface area contributed by atoms with Gasteiger partial charge in [0.1, 0.15) is 0 Å². The van der Waals surface area contributed by atoms with Crippen LogP contribution in [0.25, 0.3) is 0 Å². The normalized spacial score (nSPS) is 12.5. The van der Waals surface area contributed by atoms with E-state index in [9.17, 15) is 0 Å². The molecule has 0 aliphatic heterocycles. The fraction of sp³-hybridized carbons (Fsp3) is 0.143. The molecule has 2 rings (SSSR count). The lowest BCUT2D eigenvalue weighted by Gasteiger charge is -2.12. The Kier molecular flexibility index (Phi) is 4.29. The molecule has 3 heteroatoms. The second-order valence-electron chi connectivity index (χ2n) is 3.98. The Labute approximate surface area is 123 Å². The van der Waals surface area contributed by atoms with Crippen molar-refractivity contribution in [2.24, 2.45) is 0 Å². The van der Waals surface area contributed by atoms with Crippen molar-refractivity contribution in [3.63, 3.8) is 0 Å². The van der Waals surface area contributed by atoms with Crippen LogP contribution in [0.5, 0.6) is 0 Å². The Hall–Kier alpha value is -0.310. The van der Waals surface area contributed by atoms with Crippen LogP contribution < -0.4 is 0 Å². The Bertz CT molecular complexity index is 500. The van der Waals surface area contributed by atoms with Crippen LogP contribution in [0.15, 0.2) is 46.9 Å².